The quantitative estimate of drug-likeness (QED) is 0.455. The van der Waals surface area contributed by atoms with Crippen LogP contribution < -0.4 is 9.80 Å². The summed E-state index contributed by atoms with van der Waals surface area (Å²) in [5.41, 5.74) is 3.15. The molecule has 1 aromatic heterocycles. The number of nitrogens with zero attached hydrogens (tertiary/aromatic N) is 4. The van der Waals surface area contributed by atoms with E-state index in [-0.39, 0.29) is 11.6 Å². The molecular weight excluding hydrogens is 468 g/mol. The molecule has 0 aliphatic carbocycles. The van der Waals surface area contributed by atoms with Gasteiger partial charge >= 0.3 is 5.97 Å². The van der Waals surface area contributed by atoms with Crippen molar-refractivity contribution in [1.82, 2.24) is 9.97 Å². The van der Waals surface area contributed by atoms with E-state index in [0.29, 0.717) is 18.1 Å². The van der Waals surface area contributed by atoms with Crippen molar-refractivity contribution in [3.05, 3.63) is 82.1 Å². The minimum Gasteiger partial charge on any atom is -0.478 e. The SMILES string of the molecule is CN(CCCc1nc(N2CCCC2c2cccc(Br)c2)ncc1C(=O)O)c1ccccc1. The summed E-state index contributed by atoms with van der Waals surface area (Å²) in [4.78, 5) is 25.4. The van der Waals surface area contributed by atoms with Gasteiger partial charge in [0.05, 0.1) is 17.3 Å². The number of carboxylic acids is 1. The number of anilines is 2. The third-order valence-corrected chi connectivity index (χ3v) is 6.43. The van der Waals surface area contributed by atoms with Gasteiger partial charge < -0.3 is 14.9 Å². The lowest BCUT2D eigenvalue weighted by molar-refractivity contribution is 0.0694. The molecule has 4 rings (SSSR count). The third-order valence-electron chi connectivity index (χ3n) is 5.93. The van der Waals surface area contributed by atoms with Crippen molar-refractivity contribution in [2.45, 2.75) is 31.7 Å². The number of hydrogen-bond donors (Lipinski definition) is 1. The molecule has 1 aliphatic rings. The first-order valence-electron chi connectivity index (χ1n) is 10.9. The van der Waals surface area contributed by atoms with Crippen LogP contribution in [0.2, 0.25) is 0 Å². The maximum absolute atomic E-state index is 11.8. The fraction of sp³-hybridized carbons (Fsp3) is 0.320. The Morgan fingerprint density at radius 2 is 2.03 bits per heavy atom. The molecule has 0 saturated carbocycles. The van der Waals surface area contributed by atoms with Crippen molar-refractivity contribution < 1.29 is 9.90 Å². The van der Waals surface area contributed by atoms with Gasteiger partial charge in [-0.3, -0.25) is 0 Å². The predicted molar refractivity (Wildman–Crippen MR) is 130 cm³/mol. The Labute approximate surface area is 197 Å². The molecule has 2 aromatic carbocycles. The monoisotopic (exact) mass is 494 g/mol. The van der Waals surface area contributed by atoms with Gasteiger partial charge in [0.1, 0.15) is 0 Å². The van der Waals surface area contributed by atoms with E-state index in [1.165, 1.54) is 11.8 Å². The van der Waals surface area contributed by atoms with Crippen molar-refractivity contribution in [3.8, 4) is 0 Å². The summed E-state index contributed by atoms with van der Waals surface area (Å²) in [7, 11) is 2.05. The zero-order chi connectivity index (χ0) is 22.5. The molecule has 166 valence electrons. The molecule has 1 saturated heterocycles. The second kappa shape index (κ2) is 10.1. The number of hydrogen-bond acceptors (Lipinski definition) is 5. The van der Waals surface area contributed by atoms with E-state index >= 15 is 0 Å². The smallest absolute Gasteiger partial charge is 0.339 e. The molecule has 6 nitrogen and oxygen atoms in total. The molecule has 1 unspecified atom stereocenters. The zero-order valence-corrected chi connectivity index (χ0v) is 19.7. The van der Waals surface area contributed by atoms with Gasteiger partial charge in [-0.05, 0) is 55.5 Å². The molecule has 32 heavy (non-hydrogen) atoms. The van der Waals surface area contributed by atoms with E-state index in [4.69, 9.17) is 4.98 Å². The highest BCUT2D eigenvalue weighted by Crippen LogP contribution is 2.35. The van der Waals surface area contributed by atoms with Crippen LogP contribution in [0.1, 0.15) is 46.9 Å². The van der Waals surface area contributed by atoms with E-state index in [1.54, 1.807) is 0 Å². The van der Waals surface area contributed by atoms with Gasteiger partial charge in [0.15, 0.2) is 0 Å². The Balaban J connectivity index is 1.52. The van der Waals surface area contributed by atoms with Gasteiger partial charge in [-0.2, -0.15) is 0 Å². The van der Waals surface area contributed by atoms with Crippen molar-refractivity contribution >= 4 is 33.5 Å². The van der Waals surface area contributed by atoms with Crippen molar-refractivity contribution in [2.75, 3.05) is 29.9 Å². The van der Waals surface area contributed by atoms with Gasteiger partial charge in [0.2, 0.25) is 5.95 Å². The number of para-hydroxylation sites is 1. The first-order valence-corrected chi connectivity index (χ1v) is 11.7. The van der Waals surface area contributed by atoms with Gasteiger partial charge in [0.25, 0.3) is 0 Å². The number of aromatic nitrogens is 2. The molecule has 1 fully saturated rings. The third kappa shape index (κ3) is 5.10. The average Bonchev–Trinajstić information content (AvgIpc) is 3.29. The fourth-order valence-electron chi connectivity index (χ4n) is 4.28. The largest absolute Gasteiger partial charge is 0.478 e. The normalized spacial score (nSPS) is 15.7. The van der Waals surface area contributed by atoms with Crippen LogP contribution in [0.4, 0.5) is 11.6 Å². The lowest BCUT2D eigenvalue weighted by Gasteiger charge is -2.26. The van der Waals surface area contributed by atoms with Crippen LogP contribution in [0.25, 0.3) is 0 Å². The van der Waals surface area contributed by atoms with Crippen molar-refractivity contribution in [3.63, 3.8) is 0 Å². The zero-order valence-electron chi connectivity index (χ0n) is 18.1. The second-order valence-corrected chi connectivity index (χ2v) is 9.02. The van der Waals surface area contributed by atoms with Crippen LogP contribution in [-0.4, -0.2) is 41.2 Å². The van der Waals surface area contributed by atoms with E-state index in [1.807, 2.05) is 37.4 Å². The minimum atomic E-state index is -0.979. The molecule has 3 aromatic rings. The molecule has 1 aliphatic heterocycles. The summed E-state index contributed by atoms with van der Waals surface area (Å²) in [5, 5.41) is 9.66. The number of halogens is 1. The summed E-state index contributed by atoms with van der Waals surface area (Å²) >= 11 is 3.56. The Bertz CT molecular complexity index is 1080. The molecule has 2 heterocycles. The number of carbonyl (C=O) groups is 1. The highest BCUT2D eigenvalue weighted by atomic mass is 79.9. The van der Waals surface area contributed by atoms with Crippen molar-refractivity contribution in [2.24, 2.45) is 0 Å². The number of aromatic carboxylic acids is 1. The first-order chi connectivity index (χ1) is 15.5. The lowest BCUT2D eigenvalue weighted by atomic mass is 10.0. The summed E-state index contributed by atoms with van der Waals surface area (Å²) in [5.74, 6) is -0.364. The maximum Gasteiger partial charge on any atom is 0.339 e. The summed E-state index contributed by atoms with van der Waals surface area (Å²) < 4.78 is 1.05. The first kappa shape index (κ1) is 22.3. The number of aryl methyl sites for hydroxylation is 1. The van der Waals surface area contributed by atoms with Crippen molar-refractivity contribution in [1.29, 1.82) is 0 Å². The number of carboxylic acid groups (broad SMARTS) is 1. The second-order valence-electron chi connectivity index (χ2n) is 8.10. The van der Waals surface area contributed by atoms with Gasteiger partial charge in [-0.15, -0.1) is 0 Å². The predicted octanol–water partition coefficient (Wildman–Crippen LogP) is 5.35. The Morgan fingerprint density at radius 3 is 2.78 bits per heavy atom. The maximum atomic E-state index is 11.8. The van der Waals surface area contributed by atoms with Crippen LogP contribution >= 0.6 is 15.9 Å². The standard InChI is InChI=1S/C25H27BrN4O2/c1-29(20-10-3-2-4-11-20)14-6-12-22-21(24(31)32)17-27-25(28-22)30-15-7-13-23(30)18-8-5-9-19(26)16-18/h2-5,8-11,16-17,23H,6-7,12-15H2,1H3,(H,31,32). The highest BCUT2D eigenvalue weighted by Gasteiger charge is 2.29. The molecule has 0 radical (unpaired) electrons. The lowest BCUT2D eigenvalue weighted by Crippen LogP contribution is -2.26. The van der Waals surface area contributed by atoms with Crippen LogP contribution in [0, 0.1) is 0 Å². The Kier molecular flexibility index (Phi) is 7.05. The molecule has 0 spiro atoms. The Morgan fingerprint density at radius 1 is 1.22 bits per heavy atom. The molecule has 1 N–H and O–H groups in total. The van der Waals surface area contributed by atoms with Crippen LogP contribution in [0.3, 0.4) is 0 Å². The van der Waals surface area contributed by atoms with E-state index in [9.17, 15) is 9.90 Å². The molecule has 1 atom stereocenters. The van der Waals surface area contributed by atoms with Crippen LogP contribution in [-0.2, 0) is 6.42 Å². The topological polar surface area (TPSA) is 69.6 Å². The Hall–Kier alpha value is -2.93. The van der Waals surface area contributed by atoms with Gasteiger partial charge in [-0.1, -0.05) is 46.3 Å². The molecule has 7 heteroatoms. The summed E-state index contributed by atoms with van der Waals surface area (Å²) in [6, 6.07) is 18.7. The van der Waals surface area contributed by atoms with E-state index < -0.39 is 5.97 Å². The summed E-state index contributed by atoms with van der Waals surface area (Å²) in [6.45, 7) is 1.67. The molecule has 0 amide bonds. The van der Waals surface area contributed by atoms with Gasteiger partial charge in [0, 0.05) is 36.5 Å². The molecule has 0 bridgehead atoms. The van der Waals surface area contributed by atoms with E-state index in [0.717, 1.165) is 42.5 Å². The highest BCUT2D eigenvalue weighted by molar-refractivity contribution is 9.10. The summed E-state index contributed by atoms with van der Waals surface area (Å²) in [6.07, 6.45) is 4.94. The number of rotatable bonds is 8. The van der Waals surface area contributed by atoms with Crippen LogP contribution in [0.15, 0.2) is 65.3 Å². The average molecular weight is 495 g/mol. The fourth-order valence-corrected chi connectivity index (χ4v) is 4.69. The molecular formula is C25H27BrN4O2. The van der Waals surface area contributed by atoms with Gasteiger partial charge in [-0.25, -0.2) is 14.8 Å². The number of benzene rings is 2. The van der Waals surface area contributed by atoms with Crippen LogP contribution in [0.5, 0.6) is 0 Å². The van der Waals surface area contributed by atoms with E-state index in [2.05, 4.69) is 55.0 Å². The minimum absolute atomic E-state index is 0.189.